The first-order valence-corrected chi connectivity index (χ1v) is 9.79. The molecule has 156 valence electrons. The van der Waals surface area contributed by atoms with Gasteiger partial charge in [0.05, 0.1) is 19.0 Å². The van der Waals surface area contributed by atoms with Gasteiger partial charge in [-0.05, 0) is 17.9 Å². The molecule has 29 heavy (non-hydrogen) atoms. The number of carboxylic acids is 1. The standard InChI is InChI=1S/C21H27N3O5/c1-14(15-7-5-4-6-8-15)24-19(28)16-13-22(9-10-23(16)20(24)29)17(25)11-21(2,3)12-18(26)27/h4-8,14,16H,9-13H2,1-3H3,(H,26,27)/t14-,16+/m1/s1. The topological polar surface area (TPSA) is 98.2 Å². The summed E-state index contributed by atoms with van der Waals surface area (Å²) in [7, 11) is 0. The largest absolute Gasteiger partial charge is 0.481 e. The van der Waals surface area contributed by atoms with Crippen molar-refractivity contribution in [3.63, 3.8) is 0 Å². The van der Waals surface area contributed by atoms with Crippen LogP contribution in [0.3, 0.4) is 0 Å². The summed E-state index contributed by atoms with van der Waals surface area (Å²) in [5.41, 5.74) is 0.195. The summed E-state index contributed by atoms with van der Waals surface area (Å²) in [6, 6.07) is 7.96. The Morgan fingerprint density at radius 3 is 2.41 bits per heavy atom. The van der Waals surface area contributed by atoms with Crippen LogP contribution in [0.2, 0.25) is 0 Å². The quantitative estimate of drug-likeness (QED) is 0.736. The maximum Gasteiger partial charge on any atom is 0.328 e. The molecular weight excluding hydrogens is 374 g/mol. The lowest BCUT2D eigenvalue weighted by atomic mass is 9.85. The number of aliphatic carboxylic acids is 1. The van der Waals surface area contributed by atoms with Gasteiger partial charge in [0.1, 0.15) is 6.04 Å². The highest BCUT2D eigenvalue weighted by Crippen LogP contribution is 2.32. The molecule has 2 fully saturated rings. The molecular formula is C21H27N3O5. The predicted molar refractivity (Wildman–Crippen MR) is 105 cm³/mol. The zero-order valence-electron chi connectivity index (χ0n) is 17.0. The predicted octanol–water partition coefficient (Wildman–Crippen LogP) is 2.11. The minimum absolute atomic E-state index is 0.0816. The smallest absolute Gasteiger partial charge is 0.328 e. The number of rotatable bonds is 6. The first kappa shape index (κ1) is 20.8. The molecule has 0 unspecified atom stereocenters. The van der Waals surface area contributed by atoms with E-state index in [1.165, 1.54) is 9.80 Å². The van der Waals surface area contributed by atoms with Crippen molar-refractivity contribution in [2.45, 2.75) is 45.7 Å². The third kappa shape index (κ3) is 4.26. The van der Waals surface area contributed by atoms with Crippen LogP contribution >= 0.6 is 0 Å². The lowest BCUT2D eigenvalue weighted by molar-refractivity contribution is -0.141. The van der Waals surface area contributed by atoms with E-state index in [9.17, 15) is 19.2 Å². The molecule has 0 aromatic heterocycles. The summed E-state index contributed by atoms with van der Waals surface area (Å²) in [5, 5.41) is 9.02. The van der Waals surface area contributed by atoms with E-state index < -0.39 is 17.4 Å². The number of carbonyl (C=O) groups is 4. The summed E-state index contributed by atoms with van der Waals surface area (Å²) < 4.78 is 0. The third-order valence-corrected chi connectivity index (χ3v) is 5.64. The fourth-order valence-corrected chi connectivity index (χ4v) is 4.07. The highest BCUT2D eigenvalue weighted by molar-refractivity contribution is 6.05. The number of imide groups is 1. The average molecular weight is 401 g/mol. The zero-order valence-corrected chi connectivity index (χ0v) is 17.0. The fourth-order valence-electron chi connectivity index (χ4n) is 4.07. The number of hydrogen-bond donors (Lipinski definition) is 1. The number of piperazine rings is 1. The van der Waals surface area contributed by atoms with Crippen molar-refractivity contribution in [1.82, 2.24) is 14.7 Å². The Morgan fingerprint density at radius 2 is 1.79 bits per heavy atom. The van der Waals surface area contributed by atoms with Gasteiger partial charge in [-0.15, -0.1) is 0 Å². The van der Waals surface area contributed by atoms with E-state index in [0.717, 1.165) is 5.56 Å². The van der Waals surface area contributed by atoms with Gasteiger partial charge in [0.25, 0.3) is 5.91 Å². The Kier molecular flexibility index (Phi) is 5.64. The molecule has 2 aliphatic rings. The Morgan fingerprint density at radius 1 is 1.14 bits per heavy atom. The Balaban J connectivity index is 1.70. The molecule has 0 radical (unpaired) electrons. The Bertz CT molecular complexity index is 823. The molecule has 3 rings (SSSR count). The lowest BCUT2D eigenvalue weighted by Gasteiger charge is -2.36. The maximum absolute atomic E-state index is 13.0. The molecule has 2 aliphatic heterocycles. The summed E-state index contributed by atoms with van der Waals surface area (Å²) in [6.07, 6.45) is -0.0276. The minimum Gasteiger partial charge on any atom is -0.481 e. The van der Waals surface area contributed by atoms with Gasteiger partial charge in [-0.3, -0.25) is 19.3 Å². The van der Waals surface area contributed by atoms with Gasteiger partial charge in [-0.1, -0.05) is 44.2 Å². The average Bonchev–Trinajstić information content (AvgIpc) is 2.90. The molecule has 1 aromatic carbocycles. The number of amides is 4. The Labute approximate surface area is 170 Å². The van der Waals surface area contributed by atoms with Crippen molar-refractivity contribution in [2.75, 3.05) is 19.6 Å². The van der Waals surface area contributed by atoms with Crippen LogP contribution in [0.25, 0.3) is 0 Å². The number of carboxylic acid groups (broad SMARTS) is 1. The van der Waals surface area contributed by atoms with Gasteiger partial charge in [-0.25, -0.2) is 4.79 Å². The normalized spacial score (nSPS) is 20.7. The van der Waals surface area contributed by atoms with E-state index in [-0.39, 0.29) is 43.3 Å². The van der Waals surface area contributed by atoms with E-state index in [2.05, 4.69) is 0 Å². The highest BCUT2D eigenvalue weighted by Gasteiger charge is 2.50. The van der Waals surface area contributed by atoms with Crippen LogP contribution in [0.15, 0.2) is 30.3 Å². The molecule has 1 aromatic rings. The molecule has 0 aliphatic carbocycles. The fraction of sp³-hybridized carbons (Fsp3) is 0.524. The molecule has 4 amide bonds. The van der Waals surface area contributed by atoms with Gasteiger partial charge in [0, 0.05) is 19.5 Å². The SMILES string of the molecule is C[C@H](c1ccccc1)N1C(=O)[C@@H]2CN(C(=O)CC(C)(C)CC(=O)O)CCN2C1=O. The molecule has 0 spiro atoms. The van der Waals surface area contributed by atoms with E-state index >= 15 is 0 Å². The lowest BCUT2D eigenvalue weighted by Crippen LogP contribution is -2.55. The van der Waals surface area contributed by atoms with Crippen LogP contribution in [-0.2, 0) is 14.4 Å². The second kappa shape index (κ2) is 7.85. The molecule has 0 bridgehead atoms. The van der Waals surface area contributed by atoms with Crippen molar-refractivity contribution in [3.8, 4) is 0 Å². The third-order valence-electron chi connectivity index (χ3n) is 5.64. The highest BCUT2D eigenvalue weighted by atomic mass is 16.4. The van der Waals surface area contributed by atoms with Crippen LogP contribution in [0, 0.1) is 5.41 Å². The van der Waals surface area contributed by atoms with Crippen LogP contribution in [-0.4, -0.2) is 69.3 Å². The van der Waals surface area contributed by atoms with Crippen LogP contribution in [0.4, 0.5) is 4.79 Å². The van der Waals surface area contributed by atoms with Crippen molar-refractivity contribution >= 4 is 23.8 Å². The number of urea groups is 1. The second-order valence-corrected chi connectivity index (χ2v) is 8.54. The Hall–Kier alpha value is -2.90. The summed E-state index contributed by atoms with van der Waals surface area (Å²) in [6.45, 7) is 6.07. The molecule has 8 nitrogen and oxygen atoms in total. The van der Waals surface area contributed by atoms with Gasteiger partial charge in [-0.2, -0.15) is 0 Å². The summed E-state index contributed by atoms with van der Waals surface area (Å²) in [4.78, 5) is 54.0. The van der Waals surface area contributed by atoms with Crippen LogP contribution < -0.4 is 0 Å². The van der Waals surface area contributed by atoms with E-state index in [0.29, 0.717) is 13.1 Å². The second-order valence-electron chi connectivity index (χ2n) is 8.54. The number of fused-ring (bicyclic) bond motifs is 1. The summed E-state index contributed by atoms with van der Waals surface area (Å²) >= 11 is 0. The number of carbonyl (C=O) groups excluding carboxylic acids is 3. The molecule has 2 heterocycles. The van der Waals surface area contributed by atoms with E-state index in [4.69, 9.17) is 5.11 Å². The number of benzene rings is 1. The molecule has 1 N–H and O–H groups in total. The van der Waals surface area contributed by atoms with Gasteiger partial charge in [0.2, 0.25) is 5.91 Å². The van der Waals surface area contributed by atoms with Crippen molar-refractivity contribution in [1.29, 1.82) is 0 Å². The molecule has 8 heteroatoms. The van der Waals surface area contributed by atoms with E-state index in [1.54, 1.807) is 18.7 Å². The molecule has 2 saturated heterocycles. The van der Waals surface area contributed by atoms with Gasteiger partial charge in [0.15, 0.2) is 0 Å². The number of hydrogen-bond acceptors (Lipinski definition) is 4. The van der Waals surface area contributed by atoms with Crippen molar-refractivity contribution in [3.05, 3.63) is 35.9 Å². The summed E-state index contributed by atoms with van der Waals surface area (Å²) in [5.74, 6) is -1.44. The van der Waals surface area contributed by atoms with Gasteiger partial charge < -0.3 is 14.9 Å². The van der Waals surface area contributed by atoms with Crippen molar-refractivity contribution in [2.24, 2.45) is 5.41 Å². The maximum atomic E-state index is 13.0. The number of nitrogens with zero attached hydrogens (tertiary/aromatic N) is 3. The molecule has 2 atom stereocenters. The van der Waals surface area contributed by atoms with Crippen LogP contribution in [0.5, 0.6) is 0 Å². The van der Waals surface area contributed by atoms with Crippen molar-refractivity contribution < 1.29 is 24.3 Å². The molecule has 0 saturated carbocycles. The van der Waals surface area contributed by atoms with Gasteiger partial charge >= 0.3 is 12.0 Å². The monoisotopic (exact) mass is 401 g/mol. The van der Waals surface area contributed by atoms with E-state index in [1.807, 2.05) is 37.3 Å². The first-order valence-electron chi connectivity index (χ1n) is 9.79. The zero-order chi connectivity index (χ0) is 21.3. The first-order chi connectivity index (χ1) is 13.6. The van der Waals surface area contributed by atoms with Crippen LogP contribution in [0.1, 0.15) is 45.2 Å². The minimum atomic E-state index is -0.949.